The molecule has 1 rings (SSSR count). The van der Waals surface area contributed by atoms with Crippen molar-refractivity contribution in [2.75, 3.05) is 0 Å². The van der Waals surface area contributed by atoms with Crippen LogP contribution in [0.5, 0.6) is 0 Å². The van der Waals surface area contributed by atoms with Crippen molar-refractivity contribution in [3.8, 4) is 0 Å². The maximum atomic E-state index is 5.73. The van der Waals surface area contributed by atoms with Crippen LogP contribution in [0.4, 0.5) is 0 Å². The lowest BCUT2D eigenvalue weighted by atomic mass is 10.2. The maximum absolute atomic E-state index is 5.73. The third-order valence-corrected chi connectivity index (χ3v) is 2.36. The van der Waals surface area contributed by atoms with Crippen molar-refractivity contribution in [1.29, 1.82) is 0 Å². The molecule has 64 valence electrons. The van der Waals surface area contributed by atoms with Gasteiger partial charge in [0.2, 0.25) is 0 Å². The van der Waals surface area contributed by atoms with E-state index < -0.39 is 0 Å². The fraction of sp³-hybridized carbons (Fsp3) is 0.889. The summed E-state index contributed by atoms with van der Waals surface area (Å²) in [4.78, 5) is 4.44. The molecule has 0 aromatic rings. The summed E-state index contributed by atoms with van der Waals surface area (Å²) in [5, 5.41) is 0. The van der Waals surface area contributed by atoms with Crippen molar-refractivity contribution in [3.63, 3.8) is 0 Å². The largest absolute Gasteiger partial charge is 0.387 e. The number of amidine groups is 1. The van der Waals surface area contributed by atoms with Gasteiger partial charge in [-0.15, -0.1) is 0 Å². The quantitative estimate of drug-likeness (QED) is 0.478. The molecular weight excluding hydrogens is 136 g/mol. The highest BCUT2D eigenvalue weighted by Crippen LogP contribution is 2.47. The van der Waals surface area contributed by atoms with Gasteiger partial charge in [-0.3, -0.25) is 4.99 Å². The first-order chi connectivity index (χ1) is 4.93. The Morgan fingerprint density at radius 2 is 2.00 bits per heavy atom. The van der Waals surface area contributed by atoms with Crippen LogP contribution in [0.1, 0.15) is 34.1 Å². The van der Waals surface area contributed by atoms with E-state index in [4.69, 9.17) is 5.73 Å². The molecule has 1 unspecified atom stereocenters. The molecule has 0 aromatic carbocycles. The molecule has 0 amide bonds. The number of rotatable bonds is 2. The molecule has 1 aliphatic rings. The van der Waals surface area contributed by atoms with Crippen molar-refractivity contribution in [2.24, 2.45) is 22.1 Å². The molecule has 0 heterocycles. The smallest absolute Gasteiger partial charge is 0.0966 e. The second-order valence-corrected chi connectivity index (χ2v) is 4.42. The van der Waals surface area contributed by atoms with Crippen molar-refractivity contribution in [2.45, 2.75) is 40.2 Å². The molecule has 0 aromatic heterocycles. The van der Waals surface area contributed by atoms with E-state index in [1.807, 2.05) is 0 Å². The van der Waals surface area contributed by atoms with Gasteiger partial charge in [-0.25, -0.2) is 0 Å². The van der Waals surface area contributed by atoms with Crippen LogP contribution in [-0.2, 0) is 0 Å². The van der Waals surface area contributed by atoms with Gasteiger partial charge in [0, 0.05) is 5.92 Å². The van der Waals surface area contributed by atoms with E-state index in [2.05, 4.69) is 32.7 Å². The Kier molecular flexibility index (Phi) is 1.95. The topological polar surface area (TPSA) is 38.4 Å². The molecule has 0 saturated heterocycles. The monoisotopic (exact) mass is 154 g/mol. The zero-order valence-corrected chi connectivity index (χ0v) is 7.89. The highest BCUT2D eigenvalue weighted by Gasteiger charge is 2.45. The molecule has 1 saturated carbocycles. The van der Waals surface area contributed by atoms with Crippen LogP contribution in [-0.4, -0.2) is 11.9 Å². The van der Waals surface area contributed by atoms with Crippen LogP contribution in [0.2, 0.25) is 0 Å². The van der Waals surface area contributed by atoms with E-state index in [9.17, 15) is 0 Å². The Bertz CT molecular complexity index is 180. The standard InChI is InChI=1S/C9H18N2/c1-6(2)8(10)11-7-5-9(7,3)4/h6-7H,5H2,1-4H3,(H2,10,11). The first-order valence-electron chi connectivity index (χ1n) is 4.26. The van der Waals surface area contributed by atoms with E-state index in [0.717, 1.165) is 5.84 Å². The normalized spacial score (nSPS) is 29.2. The summed E-state index contributed by atoms with van der Waals surface area (Å²) in [5.41, 5.74) is 6.14. The molecular formula is C9H18N2. The maximum Gasteiger partial charge on any atom is 0.0966 e. The Balaban J connectivity index is 2.49. The molecule has 11 heavy (non-hydrogen) atoms. The molecule has 1 atom stereocenters. The van der Waals surface area contributed by atoms with Crippen LogP contribution in [0.3, 0.4) is 0 Å². The van der Waals surface area contributed by atoms with E-state index in [-0.39, 0.29) is 0 Å². The number of hydrogen-bond acceptors (Lipinski definition) is 1. The lowest BCUT2D eigenvalue weighted by molar-refractivity contribution is 0.616. The zero-order valence-electron chi connectivity index (χ0n) is 7.89. The van der Waals surface area contributed by atoms with Crippen LogP contribution in [0.25, 0.3) is 0 Å². The lowest BCUT2D eigenvalue weighted by Crippen LogP contribution is -2.20. The minimum Gasteiger partial charge on any atom is -0.387 e. The highest BCUT2D eigenvalue weighted by molar-refractivity contribution is 5.82. The predicted octanol–water partition coefficient (Wildman–Crippen LogP) is 1.80. The molecule has 1 fully saturated rings. The van der Waals surface area contributed by atoms with E-state index in [1.54, 1.807) is 0 Å². The van der Waals surface area contributed by atoms with Gasteiger partial charge in [0.25, 0.3) is 0 Å². The van der Waals surface area contributed by atoms with Crippen LogP contribution >= 0.6 is 0 Å². The summed E-state index contributed by atoms with van der Waals surface area (Å²) in [6.07, 6.45) is 1.19. The number of hydrogen-bond donors (Lipinski definition) is 1. The molecule has 0 bridgehead atoms. The average molecular weight is 154 g/mol. The van der Waals surface area contributed by atoms with Crippen molar-refractivity contribution in [3.05, 3.63) is 0 Å². The third-order valence-electron chi connectivity index (χ3n) is 2.36. The summed E-state index contributed by atoms with van der Waals surface area (Å²) in [6.45, 7) is 8.62. The lowest BCUT2D eigenvalue weighted by Gasteiger charge is -2.04. The van der Waals surface area contributed by atoms with Crippen LogP contribution < -0.4 is 5.73 Å². The van der Waals surface area contributed by atoms with Gasteiger partial charge in [0.1, 0.15) is 0 Å². The summed E-state index contributed by atoms with van der Waals surface area (Å²) in [5.74, 6) is 1.20. The van der Waals surface area contributed by atoms with Gasteiger partial charge >= 0.3 is 0 Å². The fourth-order valence-electron chi connectivity index (χ4n) is 0.989. The minimum atomic E-state index is 0.395. The van der Waals surface area contributed by atoms with Gasteiger partial charge in [-0.2, -0.15) is 0 Å². The molecule has 0 spiro atoms. The van der Waals surface area contributed by atoms with Crippen LogP contribution in [0, 0.1) is 11.3 Å². The van der Waals surface area contributed by atoms with Crippen LogP contribution in [0.15, 0.2) is 4.99 Å². The number of aliphatic imine (C=N–C) groups is 1. The van der Waals surface area contributed by atoms with Gasteiger partial charge in [0.05, 0.1) is 11.9 Å². The van der Waals surface area contributed by atoms with Gasteiger partial charge in [0.15, 0.2) is 0 Å². The molecule has 2 nitrogen and oxygen atoms in total. The fourth-order valence-corrected chi connectivity index (χ4v) is 0.989. The molecule has 2 heteroatoms. The second-order valence-electron chi connectivity index (χ2n) is 4.42. The number of nitrogens with two attached hydrogens (primary N) is 1. The van der Waals surface area contributed by atoms with E-state index >= 15 is 0 Å². The summed E-state index contributed by atoms with van der Waals surface area (Å²) in [6, 6.07) is 0.491. The highest BCUT2D eigenvalue weighted by atomic mass is 15.0. The van der Waals surface area contributed by atoms with Crippen molar-refractivity contribution >= 4 is 5.84 Å². The second kappa shape index (κ2) is 2.50. The zero-order chi connectivity index (χ0) is 8.65. The van der Waals surface area contributed by atoms with E-state index in [0.29, 0.717) is 17.4 Å². The molecule has 0 radical (unpaired) electrons. The average Bonchev–Trinajstić information content (AvgIpc) is 2.39. The predicted molar refractivity (Wildman–Crippen MR) is 48.6 cm³/mol. The Morgan fingerprint density at radius 1 is 1.55 bits per heavy atom. The van der Waals surface area contributed by atoms with Crippen molar-refractivity contribution in [1.82, 2.24) is 0 Å². The SMILES string of the molecule is CC(C)C(N)=NC1CC1(C)C. The van der Waals surface area contributed by atoms with Crippen molar-refractivity contribution < 1.29 is 0 Å². The Labute approximate surface area is 68.9 Å². The van der Waals surface area contributed by atoms with Gasteiger partial charge in [-0.05, 0) is 11.8 Å². The summed E-state index contributed by atoms with van der Waals surface area (Å²) in [7, 11) is 0. The van der Waals surface area contributed by atoms with Gasteiger partial charge < -0.3 is 5.73 Å². The number of nitrogens with zero attached hydrogens (tertiary/aromatic N) is 1. The molecule has 0 aliphatic heterocycles. The third kappa shape index (κ3) is 1.95. The summed E-state index contributed by atoms with van der Waals surface area (Å²) >= 11 is 0. The molecule has 2 N–H and O–H groups in total. The molecule has 1 aliphatic carbocycles. The first kappa shape index (κ1) is 8.57. The van der Waals surface area contributed by atoms with Gasteiger partial charge in [-0.1, -0.05) is 27.7 Å². The Hall–Kier alpha value is -0.530. The summed E-state index contributed by atoms with van der Waals surface area (Å²) < 4.78 is 0. The minimum absolute atomic E-state index is 0.395. The van der Waals surface area contributed by atoms with E-state index in [1.165, 1.54) is 6.42 Å². The Morgan fingerprint density at radius 3 is 2.27 bits per heavy atom. The first-order valence-corrected chi connectivity index (χ1v) is 4.26.